The minimum Gasteiger partial charge on any atom is -0.465 e. The van der Waals surface area contributed by atoms with Crippen molar-refractivity contribution in [3.63, 3.8) is 0 Å². The standard InChI is InChI=1S/C15H13FO2S/c1-18-15(17)10-7-8-11(13(16)9-10)12-5-3-4-6-14(12)19-2/h3-9H,1-2H3. The second-order valence-corrected chi connectivity index (χ2v) is 4.73. The average Bonchev–Trinajstić information content (AvgIpc) is 2.46. The van der Waals surface area contributed by atoms with Crippen molar-refractivity contribution in [3.8, 4) is 11.1 Å². The number of halogens is 1. The Bertz CT molecular complexity index is 611. The smallest absolute Gasteiger partial charge is 0.337 e. The molecule has 0 saturated carbocycles. The van der Waals surface area contributed by atoms with Crippen molar-refractivity contribution < 1.29 is 13.9 Å². The molecule has 2 aromatic carbocycles. The van der Waals surface area contributed by atoms with Crippen LogP contribution < -0.4 is 0 Å². The van der Waals surface area contributed by atoms with Crippen LogP contribution in [0.4, 0.5) is 4.39 Å². The fourth-order valence-electron chi connectivity index (χ4n) is 1.85. The number of ether oxygens (including phenoxy) is 1. The zero-order chi connectivity index (χ0) is 13.8. The maximum Gasteiger partial charge on any atom is 0.337 e. The second-order valence-electron chi connectivity index (χ2n) is 3.89. The SMILES string of the molecule is COC(=O)c1ccc(-c2ccccc2SC)c(F)c1. The van der Waals surface area contributed by atoms with Gasteiger partial charge in [-0.3, -0.25) is 0 Å². The molecule has 0 aromatic heterocycles. The molecule has 2 nitrogen and oxygen atoms in total. The first-order chi connectivity index (χ1) is 9.17. The zero-order valence-electron chi connectivity index (χ0n) is 10.6. The zero-order valence-corrected chi connectivity index (χ0v) is 11.5. The Kier molecular flexibility index (Phi) is 4.22. The number of hydrogen-bond donors (Lipinski definition) is 0. The number of carbonyl (C=O) groups excluding carboxylic acids is 1. The fourth-order valence-corrected chi connectivity index (χ4v) is 2.46. The summed E-state index contributed by atoms with van der Waals surface area (Å²) in [6, 6.07) is 12.0. The van der Waals surface area contributed by atoms with Gasteiger partial charge in [-0.05, 0) is 30.0 Å². The maximum absolute atomic E-state index is 14.1. The van der Waals surface area contributed by atoms with E-state index >= 15 is 0 Å². The van der Waals surface area contributed by atoms with Crippen molar-refractivity contribution in [2.24, 2.45) is 0 Å². The van der Waals surface area contributed by atoms with Crippen LogP contribution in [0.1, 0.15) is 10.4 Å². The van der Waals surface area contributed by atoms with E-state index in [1.165, 1.54) is 13.2 Å². The second kappa shape index (κ2) is 5.89. The van der Waals surface area contributed by atoms with Gasteiger partial charge in [-0.2, -0.15) is 0 Å². The number of methoxy groups -OCH3 is 1. The van der Waals surface area contributed by atoms with Gasteiger partial charge in [-0.25, -0.2) is 9.18 Å². The van der Waals surface area contributed by atoms with Crippen LogP contribution in [0.3, 0.4) is 0 Å². The summed E-state index contributed by atoms with van der Waals surface area (Å²) in [6.45, 7) is 0. The summed E-state index contributed by atoms with van der Waals surface area (Å²) in [7, 11) is 1.27. The molecule has 0 saturated heterocycles. The highest BCUT2D eigenvalue weighted by Crippen LogP contribution is 2.32. The molecular weight excluding hydrogens is 263 g/mol. The van der Waals surface area contributed by atoms with Gasteiger partial charge in [0.25, 0.3) is 0 Å². The first-order valence-corrected chi connectivity index (χ1v) is 6.91. The number of carbonyl (C=O) groups is 1. The van der Waals surface area contributed by atoms with Crippen molar-refractivity contribution in [2.75, 3.05) is 13.4 Å². The van der Waals surface area contributed by atoms with Crippen LogP contribution in [0.2, 0.25) is 0 Å². The van der Waals surface area contributed by atoms with Gasteiger partial charge in [0.2, 0.25) is 0 Å². The number of thioether (sulfide) groups is 1. The predicted molar refractivity (Wildman–Crippen MR) is 75.0 cm³/mol. The molecule has 0 unspecified atom stereocenters. The molecule has 2 rings (SSSR count). The van der Waals surface area contributed by atoms with Crippen molar-refractivity contribution in [2.45, 2.75) is 4.90 Å². The van der Waals surface area contributed by atoms with Crippen molar-refractivity contribution >= 4 is 17.7 Å². The van der Waals surface area contributed by atoms with Crippen LogP contribution in [0.15, 0.2) is 47.4 Å². The molecule has 0 spiro atoms. The van der Waals surface area contributed by atoms with Crippen molar-refractivity contribution in [1.82, 2.24) is 0 Å². The van der Waals surface area contributed by atoms with Gasteiger partial charge >= 0.3 is 5.97 Å². The maximum atomic E-state index is 14.1. The Morgan fingerprint density at radius 3 is 2.53 bits per heavy atom. The van der Waals surface area contributed by atoms with E-state index in [2.05, 4.69) is 4.74 Å². The molecule has 0 aliphatic carbocycles. The summed E-state index contributed by atoms with van der Waals surface area (Å²) >= 11 is 1.56. The van der Waals surface area contributed by atoms with E-state index in [1.807, 2.05) is 30.5 Å². The van der Waals surface area contributed by atoms with E-state index in [-0.39, 0.29) is 5.56 Å². The first-order valence-electron chi connectivity index (χ1n) is 5.68. The molecule has 2 aromatic rings. The van der Waals surface area contributed by atoms with E-state index in [4.69, 9.17) is 0 Å². The van der Waals surface area contributed by atoms with Gasteiger partial charge in [0.1, 0.15) is 5.82 Å². The quantitative estimate of drug-likeness (QED) is 0.626. The minimum atomic E-state index is -0.538. The van der Waals surface area contributed by atoms with Crippen molar-refractivity contribution in [1.29, 1.82) is 0 Å². The number of benzene rings is 2. The minimum absolute atomic E-state index is 0.213. The Hall–Kier alpha value is -1.81. The lowest BCUT2D eigenvalue weighted by atomic mass is 10.0. The molecule has 0 aliphatic heterocycles. The summed E-state index contributed by atoms with van der Waals surface area (Å²) in [6.07, 6.45) is 1.94. The summed E-state index contributed by atoms with van der Waals surface area (Å²) in [5, 5.41) is 0. The van der Waals surface area contributed by atoms with Gasteiger partial charge < -0.3 is 4.74 Å². The molecule has 4 heteroatoms. The molecule has 0 radical (unpaired) electrons. The Morgan fingerprint density at radius 2 is 1.89 bits per heavy atom. The molecule has 0 heterocycles. The predicted octanol–water partition coefficient (Wildman–Crippen LogP) is 4.00. The Labute approximate surface area is 115 Å². The number of rotatable bonds is 3. The Morgan fingerprint density at radius 1 is 1.16 bits per heavy atom. The van der Waals surface area contributed by atoms with Crippen molar-refractivity contribution in [3.05, 3.63) is 53.8 Å². The first kappa shape index (κ1) is 13.6. The van der Waals surface area contributed by atoms with Crippen LogP contribution >= 0.6 is 11.8 Å². The summed E-state index contributed by atoms with van der Waals surface area (Å²) in [5.74, 6) is -0.965. The van der Waals surface area contributed by atoms with Gasteiger partial charge in [0, 0.05) is 10.5 Å². The van der Waals surface area contributed by atoms with Crippen LogP contribution in [0.25, 0.3) is 11.1 Å². The highest BCUT2D eigenvalue weighted by Gasteiger charge is 2.13. The lowest BCUT2D eigenvalue weighted by molar-refractivity contribution is 0.0600. The van der Waals surface area contributed by atoms with Crippen LogP contribution in [0.5, 0.6) is 0 Å². The number of esters is 1. The van der Waals surface area contributed by atoms with Gasteiger partial charge in [-0.1, -0.05) is 24.3 Å². The van der Waals surface area contributed by atoms with E-state index < -0.39 is 11.8 Å². The monoisotopic (exact) mass is 276 g/mol. The van der Waals surface area contributed by atoms with Gasteiger partial charge in [0.15, 0.2) is 0 Å². The Balaban J connectivity index is 2.49. The third kappa shape index (κ3) is 2.79. The molecule has 98 valence electrons. The average molecular weight is 276 g/mol. The summed E-state index contributed by atoms with van der Waals surface area (Å²) in [4.78, 5) is 12.3. The van der Waals surface area contributed by atoms with Gasteiger partial charge in [-0.15, -0.1) is 11.8 Å². The summed E-state index contributed by atoms with van der Waals surface area (Å²) in [5.41, 5.74) is 1.52. The number of hydrogen-bond acceptors (Lipinski definition) is 3. The van der Waals surface area contributed by atoms with E-state index in [0.29, 0.717) is 5.56 Å². The van der Waals surface area contributed by atoms with E-state index in [1.54, 1.807) is 23.9 Å². The molecule has 0 amide bonds. The lowest BCUT2D eigenvalue weighted by Gasteiger charge is -2.09. The highest BCUT2D eigenvalue weighted by molar-refractivity contribution is 7.98. The van der Waals surface area contributed by atoms with E-state index in [0.717, 1.165) is 10.5 Å². The molecule has 0 fully saturated rings. The third-order valence-corrected chi connectivity index (χ3v) is 3.58. The lowest BCUT2D eigenvalue weighted by Crippen LogP contribution is -2.02. The molecule has 0 aliphatic rings. The van der Waals surface area contributed by atoms with Gasteiger partial charge in [0.05, 0.1) is 12.7 Å². The molecule has 0 atom stereocenters. The topological polar surface area (TPSA) is 26.3 Å². The van der Waals surface area contributed by atoms with Crippen LogP contribution in [-0.4, -0.2) is 19.3 Å². The largest absolute Gasteiger partial charge is 0.465 e. The molecule has 0 N–H and O–H groups in total. The fraction of sp³-hybridized carbons (Fsp3) is 0.133. The molecular formula is C15H13FO2S. The summed E-state index contributed by atoms with van der Waals surface area (Å²) < 4.78 is 18.7. The molecule has 19 heavy (non-hydrogen) atoms. The van der Waals surface area contributed by atoms with Crippen LogP contribution in [0, 0.1) is 5.82 Å². The highest BCUT2D eigenvalue weighted by atomic mass is 32.2. The third-order valence-electron chi connectivity index (χ3n) is 2.79. The van der Waals surface area contributed by atoms with E-state index in [9.17, 15) is 9.18 Å². The normalized spacial score (nSPS) is 10.3. The van der Waals surface area contributed by atoms with Crippen LogP contribution in [-0.2, 0) is 4.74 Å². The molecule has 0 bridgehead atoms.